The first-order chi connectivity index (χ1) is 9.20. The Morgan fingerprint density at radius 1 is 1.42 bits per heavy atom. The first-order valence-corrected chi connectivity index (χ1v) is 6.33. The number of carbonyl (C=O) groups excluding carboxylic acids is 1. The van der Waals surface area contributed by atoms with Crippen molar-refractivity contribution in [1.29, 1.82) is 0 Å². The topological polar surface area (TPSA) is 49.3 Å². The van der Waals surface area contributed by atoms with E-state index in [1.165, 1.54) is 29.5 Å². The minimum atomic E-state index is -0.491. The first-order valence-electron chi connectivity index (χ1n) is 5.45. The summed E-state index contributed by atoms with van der Waals surface area (Å²) < 4.78 is 13.4. The van der Waals surface area contributed by atoms with Gasteiger partial charge in [-0.15, -0.1) is 11.3 Å². The fraction of sp³-hybridized carbons (Fsp3) is 0.0714. The molecule has 1 aromatic heterocycles. The van der Waals surface area contributed by atoms with E-state index >= 15 is 0 Å². The number of benzene rings is 1. The summed E-state index contributed by atoms with van der Waals surface area (Å²) in [6, 6.07) is 7.61. The molecule has 1 heterocycles. The second-order valence-corrected chi connectivity index (χ2v) is 4.53. The Morgan fingerprint density at radius 2 is 2.26 bits per heavy atom. The summed E-state index contributed by atoms with van der Waals surface area (Å²) in [5.41, 5.74) is 0.597. The molecule has 2 aromatic rings. The number of hydrogen-bond donors (Lipinski definition) is 2. The number of carbonyl (C=O) groups is 1. The molecule has 96 valence electrons. The number of thiophene rings is 1. The lowest BCUT2D eigenvalue weighted by atomic mass is 10.2. The molecule has 1 aromatic carbocycles. The Morgan fingerprint density at radius 3 is 2.95 bits per heavy atom. The normalized spacial score (nSPS) is 9.58. The van der Waals surface area contributed by atoms with Crippen molar-refractivity contribution in [3.8, 4) is 11.8 Å². The van der Waals surface area contributed by atoms with Gasteiger partial charge in [0.05, 0.1) is 10.4 Å². The predicted octanol–water partition coefficient (Wildman–Crippen LogP) is 2.48. The smallest absolute Gasteiger partial charge is 0.265 e. The SMILES string of the molecule is O=C(Nc1ccc(F)c(C#CCO)c1)c1cccs1. The molecule has 1 amide bonds. The van der Waals surface area contributed by atoms with Gasteiger partial charge in [-0.3, -0.25) is 4.79 Å². The van der Waals surface area contributed by atoms with Gasteiger partial charge >= 0.3 is 0 Å². The molecule has 0 aliphatic heterocycles. The molecule has 0 radical (unpaired) electrons. The maximum Gasteiger partial charge on any atom is 0.265 e. The van der Waals surface area contributed by atoms with E-state index in [4.69, 9.17) is 5.11 Å². The standard InChI is InChI=1S/C14H10FNO2S/c15-12-6-5-11(9-10(12)3-1-7-17)16-14(18)13-4-2-8-19-13/h2,4-6,8-9,17H,7H2,(H,16,18). The monoisotopic (exact) mass is 275 g/mol. The lowest BCUT2D eigenvalue weighted by molar-refractivity contribution is 0.103. The molecule has 0 bridgehead atoms. The van der Waals surface area contributed by atoms with E-state index in [1.807, 2.05) is 0 Å². The van der Waals surface area contributed by atoms with Crippen LogP contribution in [-0.2, 0) is 0 Å². The van der Waals surface area contributed by atoms with Gasteiger partial charge in [-0.25, -0.2) is 4.39 Å². The third kappa shape index (κ3) is 3.41. The van der Waals surface area contributed by atoms with Gasteiger partial charge in [0.2, 0.25) is 0 Å². The van der Waals surface area contributed by atoms with Crippen molar-refractivity contribution in [3.05, 3.63) is 52.0 Å². The average Bonchev–Trinajstić information content (AvgIpc) is 2.93. The number of aliphatic hydroxyl groups is 1. The summed E-state index contributed by atoms with van der Waals surface area (Å²) in [5, 5.41) is 13.1. The molecule has 0 fully saturated rings. The second-order valence-electron chi connectivity index (χ2n) is 3.59. The van der Waals surface area contributed by atoms with Gasteiger partial charge in [0, 0.05) is 5.69 Å². The zero-order valence-corrected chi connectivity index (χ0v) is 10.6. The van der Waals surface area contributed by atoms with Crippen molar-refractivity contribution in [2.75, 3.05) is 11.9 Å². The Hall–Kier alpha value is -2.16. The summed E-state index contributed by atoms with van der Waals surface area (Å²) in [6.07, 6.45) is 0. The number of anilines is 1. The lowest BCUT2D eigenvalue weighted by Gasteiger charge is -2.04. The summed E-state index contributed by atoms with van der Waals surface area (Å²) in [5.74, 6) is 4.12. The molecule has 2 N–H and O–H groups in total. The number of nitrogens with one attached hydrogen (secondary N) is 1. The zero-order chi connectivity index (χ0) is 13.7. The molecule has 0 unspecified atom stereocenters. The quantitative estimate of drug-likeness (QED) is 0.827. The van der Waals surface area contributed by atoms with E-state index in [1.54, 1.807) is 17.5 Å². The third-order valence-electron chi connectivity index (χ3n) is 2.27. The van der Waals surface area contributed by atoms with Gasteiger partial charge in [0.1, 0.15) is 12.4 Å². The van der Waals surface area contributed by atoms with Crippen molar-refractivity contribution in [2.45, 2.75) is 0 Å². The van der Waals surface area contributed by atoms with Crippen LogP contribution in [0.3, 0.4) is 0 Å². The third-order valence-corrected chi connectivity index (χ3v) is 3.14. The van der Waals surface area contributed by atoms with E-state index in [9.17, 15) is 9.18 Å². The van der Waals surface area contributed by atoms with Crippen molar-refractivity contribution < 1.29 is 14.3 Å². The molecule has 0 atom stereocenters. The van der Waals surface area contributed by atoms with E-state index in [0.29, 0.717) is 10.6 Å². The minimum absolute atomic E-state index is 0.137. The van der Waals surface area contributed by atoms with Gasteiger partial charge in [0.25, 0.3) is 5.91 Å². The molecule has 5 heteroatoms. The predicted molar refractivity (Wildman–Crippen MR) is 72.6 cm³/mol. The molecule has 0 saturated carbocycles. The van der Waals surface area contributed by atoms with Gasteiger partial charge < -0.3 is 10.4 Å². The number of halogens is 1. The maximum absolute atomic E-state index is 13.4. The van der Waals surface area contributed by atoms with Crippen LogP contribution in [0.15, 0.2) is 35.7 Å². The highest BCUT2D eigenvalue weighted by molar-refractivity contribution is 7.12. The van der Waals surface area contributed by atoms with Crippen LogP contribution in [0.2, 0.25) is 0 Å². The summed E-state index contributed by atoms with van der Waals surface area (Å²) >= 11 is 1.32. The van der Waals surface area contributed by atoms with Gasteiger partial charge in [0.15, 0.2) is 0 Å². The number of rotatable bonds is 2. The molecule has 3 nitrogen and oxygen atoms in total. The molecule has 19 heavy (non-hydrogen) atoms. The Bertz CT molecular complexity index is 641. The maximum atomic E-state index is 13.4. The van der Waals surface area contributed by atoms with E-state index < -0.39 is 5.82 Å². The van der Waals surface area contributed by atoms with Crippen LogP contribution < -0.4 is 5.32 Å². The molecular formula is C14H10FNO2S. The Kier molecular flexibility index (Phi) is 4.29. The van der Waals surface area contributed by atoms with Crippen molar-refractivity contribution in [3.63, 3.8) is 0 Å². The number of amides is 1. The molecule has 0 saturated heterocycles. The highest BCUT2D eigenvalue weighted by atomic mass is 32.1. The Balaban J connectivity index is 2.19. The van der Waals surface area contributed by atoms with Crippen LogP contribution in [-0.4, -0.2) is 17.6 Å². The summed E-state index contributed by atoms with van der Waals surface area (Å²) in [4.78, 5) is 12.4. The average molecular weight is 275 g/mol. The largest absolute Gasteiger partial charge is 0.384 e. The lowest BCUT2D eigenvalue weighted by Crippen LogP contribution is -2.10. The molecular weight excluding hydrogens is 265 g/mol. The van der Waals surface area contributed by atoms with E-state index in [2.05, 4.69) is 17.2 Å². The fourth-order valence-corrected chi connectivity index (χ4v) is 2.05. The molecule has 2 rings (SSSR count). The Labute approximate surface area is 113 Å². The first kappa shape index (κ1) is 13.3. The van der Waals surface area contributed by atoms with Crippen LogP contribution in [0.4, 0.5) is 10.1 Å². The molecule has 0 spiro atoms. The highest BCUT2D eigenvalue weighted by Crippen LogP contribution is 2.16. The number of hydrogen-bond acceptors (Lipinski definition) is 3. The van der Waals surface area contributed by atoms with Crippen molar-refractivity contribution >= 4 is 22.9 Å². The zero-order valence-electron chi connectivity index (χ0n) is 9.81. The van der Waals surface area contributed by atoms with Crippen LogP contribution in [0.5, 0.6) is 0 Å². The second kappa shape index (κ2) is 6.14. The van der Waals surface area contributed by atoms with Gasteiger partial charge in [-0.2, -0.15) is 0 Å². The van der Waals surface area contributed by atoms with Crippen LogP contribution in [0, 0.1) is 17.7 Å². The van der Waals surface area contributed by atoms with Crippen molar-refractivity contribution in [1.82, 2.24) is 0 Å². The van der Waals surface area contributed by atoms with Gasteiger partial charge in [-0.05, 0) is 29.6 Å². The van der Waals surface area contributed by atoms with E-state index in [0.717, 1.165) is 0 Å². The van der Waals surface area contributed by atoms with Crippen LogP contribution >= 0.6 is 11.3 Å². The minimum Gasteiger partial charge on any atom is -0.384 e. The molecule has 0 aliphatic rings. The van der Waals surface area contributed by atoms with Crippen LogP contribution in [0.1, 0.15) is 15.2 Å². The van der Waals surface area contributed by atoms with E-state index in [-0.39, 0.29) is 18.1 Å². The molecule has 0 aliphatic carbocycles. The fourth-order valence-electron chi connectivity index (χ4n) is 1.43. The summed E-state index contributed by atoms with van der Waals surface area (Å²) in [7, 11) is 0. The van der Waals surface area contributed by atoms with Crippen molar-refractivity contribution in [2.24, 2.45) is 0 Å². The van der Waals surface area contributed by atoms with Crippen LogP contribution in [0.25, 0.3) is 0 Å². The van der Waals surface area contributed by atoms with Gasteiger partial charge in [-0.1, -0.05) is 17.9 Å². The number of aliphatic hydroxyl groups excluding tert-OH is 1. The summed E-state index contributed by atoms with van der Waals surface area (Å²) in [6.45, 7) is -0.342. The highest BCUT2D eigenvalue weighted by Gasteiger charge is 2.08.